The van der Waals surface area contributed by atoms with Crippen molar-refractivity contribution in [1.29, 1.82) is 0 Å². The van der Waals surface area contributed by atoms with E-state index in [2.05, 4.69) is 0 Å². The molecule has 0 saturated heterocycles. The van der Waals surface area contributed by atoms with Crippen molar-refractivity contribution in [3.05, 3.63) is 34.9 Å². The number of nitrogens with two attached hydrogens (primary N) is 1. The van der Waals surface area contributed by atoms with Gasteiger partial charge in [0.05, 0.1) is 12.1 Å². The number of carbonyl (C=O) groups excluding carboxylic acids is 1. The molecule has 0 saturated carbocycles. The monoisotopic (exact) mass is 282 g/mol. The molecule has 0 fully saturated rings. The molecule has 0 aliphatic heterocycles. The van der Waals surface area contributed by atoms with Crippen molar-refractivity contribution in [2.24, 2.45) is 11.7 Å². The average Bonchev–Trinajstić information content (AvgIpc) is 2.43. The lowest BCUT2D eigenvalue weighted by atomic mass is 9.98. The molecule has 0 radical (unpaired) electrons. The minimum Gasteiger partial charge on any atom is -0.338 e. The predicted octanol–water partition coefficient (Wildman–Crippen LogP) is 3.23. The Morgan fingerprint density at radius 1 is 1.37 bits per heavy atom. The van der Waals surface area contributed by atoms with Crippen LogP contribution in [0.4, 0.5) is 0 Å². The number of hydrogen-bond acceptors (Lipinski definition) is 2. The number of nitrogens with zero attached hydrogens (tertiary/aromatic N) is 1. The smallest absolute Gasteiger partial charge is 0.240 e. The number of halogens is 1. The molecule has 3 atom stereocenters. The minimum absolute atomic E-state index is 0.0400. The lowest BCUT2D eigenvalue weighted by molar-refractivity contribution is -0.134. The fraction of sp³-hybridized carbons (Fsp3) is 0.533. The van der Waals surface area contributed by atoms with Crippen LogP contribution in [0.2, 0.25) is 5.02 Å². The molecule has 0 heterocycles. The molecule has 1 unspecified atom stereocenters. The quantitative estimate of drug-likeness (QED) is 0.901. The van der Waals surface area contributed by atoms with Gasteiger partial charge in [-0.15, -0.1) is 0 Å². The van der Waals surface area contributed by atoms with Gasteiger partial charge in [-0.2, -0.15) is 0 Å². The summed E-state index contributed by atoms with van der Waals surface area (Å²) in [5, 5.41) is 0.673. The van der Waals surface area contributed by atoms with E-state index in [0.717, 1.165) is 12.0 Å². The highest BCUT2D eigenvalue weighted by Crippen LogP contribution is 2.27. The van der Waals surface area contributed by atoms with Crippen LogP contribution < -0.4 is 5.73 Å². The molecule has 106 valence electrons. The van der Waals surface area contributed by atoms with Crippen molar-refractivity contribution in [1.82, 2.24) is 4.90 Å². The van der Waals surface area contributed by atoms with E-state index in [1.165, 1.54) is 0 Å². The van der Waals surface area contributed by atoms with Gasteiger partial charge in [0.25, 0.3) is 0 Å². The molecule has 0 aromatic heterocycles. The van der Waals surface area contributed by atoms with Crippen LogP contribution in [-0.4, -0.2) is 23.9 Å². The third kappa shape index (κ3) is 3.71. The first-order chi connectivity index (χ1) is 8.90. The SMILES string of the molecule is CC[C@H](C)[C@H](N)C(=O)N(C)C(C)c1ccccc1Cl. The molecule has 1 aromatic carbocycles. The Bertz CT molecular complexity index is 436. The van der Waals surface area contributed by atoms with Crippen molar-refractivity contribution in [3.8, 4) is 0 Å². The fourth-order valence-electron chi connectivity index (χ4n) is 1.95. The van der Waals surface area contributed by atoms with Gasteiger partial charge < -0.3 is 10.6 Å². The summed E-state index contributed by atoms with van der Waals surface area (Å²) in [5.74, 6) is 0.134. The third-order valence-electron chi connectivity index (χ3n) is 3.83. The molecule has 1 amide bonds. The van der Waals surface area contributed by atoms with Crippen molar-refractivity contribution in [2.45, 2.75) is 39.3 Å². The summed E-state index contributed by atoms with van der Waals surface area (Å²) in [6, 6.07) is 7.03. The van der Waals surface area contributed by atoms with Gasteiger partial charge in [0.15, 0.2) is 0 Å². The highest BCUT2D eigenvalue weighted by molar-refractivity contribution is 6.31. The third-order valence-corrected chi connectivity index (χ3v) is 4.17. The van der Waals surface area contributed by atoms with E-state index in [0.29, 0.717) is 5.02 Å². The van der Waals surface area contributed by atoms with Crippen molar-refractivity contribution in [3.63, 3.8) is 0 Å². The molecule has 0 bridgehead atoms. The van der Waals surface area contributed by atoms with Crippen molar-refractivity contribution in [2.75, 3.05) is 7.05 Å². The van der Waals surface area contributed by atoms with Crippen LogP contribution in [0.3, 0.4) is 0 Å². The largest absolute Gasteiger partial charge is 0.338 e. The van der Waals surface area contributed by atoms with Gasteiger partial charge >= 0.3 is 0 Å². The molecule has 19 heavy (non-hydrogen) atoms. The van der Waals surface area contributed by atoms with E-state index in [4.69, 9.17) is 17.3 Å². The second-order valence-corrected chi connectivity index (χ2v) is 5.47. The van der Waals surface area contributed by atoms with Crippen LogP contribution in [0.15, 0.2) is 24.3 Å². The van der Waals surface area contributed by atoms with Gasteiger partial charge in [0.1, 0.15) is 0 Å². The van der Waals surface area contributed by atoms with Crippen LogP contribution in [0, 0.1) is 5.92 Å². The molecule has 3 nitrogen and oxygen atoms in total. The number of benzene rings is 1. The molecule has 0 spiro atoms. The van der Waals surface area contributed by atoms with Crippen LogP contribution in [0.25, 0.3) is 0 Å². The molecule has 0 aliphatic rings. The van der Waals surface area contributed by atoms with Gasteiger partial charge in [-0.1, -0.05) is 50.1 Å². The zero-order valence-corrected chi connectivity index (χ0v) is 12.8. The maximum absolute atomic E-state index is 12.3. The first kappa shape index (κ1) is 16.0. The molecule has 1 aromatic rings. The van der Waals surface area contributed by atoms with E-state index in [1.807, 2.05) is 45.0 Å². The van der Waals surface area contributed by atoms with Crippen LogP contribution in [0.5, 0.6) is 0 Å². The minimum atomic E-state index is -0.458. The van der Waals surface area contributed by atoms with Crippen LogP contribution >= 0.6 is 11.6 Å². The Hall–Kier alpha value is -1.06. The van der Waals surface area contributed by atoms with E-state index in [-0.39, 0.29) is 17.9 Å². The van der Waals surface area contributed by atoms with Gasteiger partial charge in [-0.3, -0.25) is 4.79 Å². The van der Waals surface area contributed by atoms with E-state index < -0.39 is 6.04 Å². The Balaban J connectivity index is 2.85. The summed E-state index contributed by atoms with van der Waals surface area (Å²) in [5.41, 5.74) is 6.94. The van der Waals surface area contributed by atoms with E-state index >= 15 is 0 Å². The fourth-order valence-corrected chi connectivity index (χ4v) is 2.24. The first-order valence-electron chi connectivity index (χ1n) is 6.66. The number of hydrogen-bond donors (Lipinski definition) is 1. The highest BCUT2D eigenvalue weighted by Gasteiger charge is 2.26. The van der Waals surface area contributed by atoms with E-state index in [1.54, 1.807) is 11.9 Å². The molecule has 2 N–H and O–H groups in total. The van der Waals surface area contributed by atoms with Gasteiger partial charge in [-0.05, 0) is 24.5 Å². The number of rotatable bonds is 5. The average molecular weight is 283 g/mol. The number of carbonyl (C=O) groups is 1. The summed E-state index contributed by atoms with van der Waals surface area (Å²) in [6.07, 6.45) is 0.890. The molecule has 0 aliphatic carbocycles. The lowest BCUT2D eigenvalue weighted by Gasteiger charge is -2.30. The lowest BCUT2D eigenvalue weighted by Crippen LogP contribution is -2.46. The zero-order chi connectivity index (χ0) is 14.6. The van der Waals surface area contributed by atoms with Crippen molar-refractivity contribution >= 4 is 17.5 Å². The highest BCUT2D eigenvalue weighted by atomic mass is 35.5. The summed E-state index contributed by atoms with van der Waals surface area (Å²) >= 11 is 6.17. The summed E-state index contributed by atoms with van der Waals surface area (Å²) in [7, 11) is 1.78. The summed E-state index contributed by atoms with van der Waals surface area (Å²) < 4.78 is 0. The maximum atomic E-state index is 12.3. The second-order valence-electron chi connectivity index (χ2n) is 5.06. The number of likely N-dealkylation sites (N-methyl/N-ethyl adjacent to an activating group) is 1. The molecular weight excluding hydrogens is 260 g/mol. The zero-order valence-electron chi connectivity index (χ0n) is 12.1. The summed E-state index contributed by atoms with van der Waals surface area (Å²) in [4.78, 5) is 14.0. The van der Waals surface area contributed by atoms with Crippen LogP contribution in [0.1, 0.15) is 38.8 Å². The maximum Gasteiger partial charge on any atom is 0.240 e. The first-order valence-corrected chi connectivity index (χ1v) is 7.04. The Kier molecular flexibility index (Phi) is 5.83. The van der Waals surface area contributed by atoms with Gasteiger partial charge in [0.2, 0.25) is 5.91 Å². The van der Waals surface area contributed by atoms with Crippen LogP contribution in [-0.2, 0) is 4.79 Å². The summed E-state index contributed by atoms with van der Waals surface area (Å²) in [6.45, 7) is 5.99. The molecule has 4 heteroatoms. The standard InChI is InChI=1S/C15H23ClN2O/c1-5-10(2)14(17)15(19)18(4)11(3)12-8-6-7-9-13(12)16/h6-11,14H,5,17H2,1-4H3/t10-,11?,14-/m0/s1. The Labute approximate surface area is 120 Å². The van der Waals surface area contributed by atoms with Gasteiger partial charge in [-0.25, -0.2) is 0 Å². The predicted molar refractivity (Wildman–Crippen MR) is 80.1 cm³/mol. The number of amides is 1. The van der Waals surface area contributed by atoms with Gasteiger partial charge in [0, 0.05) is 12.1 Å². The second kappa shape index (κ2) is 6.92. The Morgan fingerprint density at radius 3 is 2.47 bits per heavy atom. The Morgan fingerprint density at radius 2 is 1.95 bits per heavy atom. The molecular formula is C15H23ClN2O. The topological polar surface area (TPSA) is 46.3 Å². The normalized spacial score (nSPS) is 15.7. The van der Waals surface area contributed by atoms with E-state index in [9.17, 15) is 4.79 Å². The van der Waals surface area contributed by atoms with Crippen molar-refractivity contribution < 1.29 is 4.79 Å². The molecule has 1 rings (SSSR count).